The highest BCUT2D eigenvalue weighted by atomic mass is 15.2. The van der Waals surface area contributed by atoms with Crippen molar-refractivity contribution in [2.75, 3.05) is 30.4 Å². The van der Waals surface area contributed by atoms with Gasteiger partial charge in [0.05, 0.1) is 0 Å². The highest BCUT2D eigenvalue weighted by Crippen LogP contribution is 2.33. The molecule has 0 amide bonds. The second kappa shape index (κ2) is 4.51. The summed E-state index contributed by atoms with van der Waals surface area (Å²) in [5.41, 5.74) is 1.62. The maximum absolute atomic E-state index is 4.43. The Balaban J connectivity index is 2.19. The van der Waals surface area contributed by atoms with Crippen LogP contribution in [0.5, 0.6) is 0 Å². The molecule has 0 aromatic carbocycles. The van der Waals surface area contributed by atoms with Gasteiger partial charge in [-0.15, -0.1) is 0 Å². The van der Waals surface area contributed by atoms with Gasteiger partial charge in [-0.25, -0.2) is 9.97 Å². The molecule has 1 aromatic heterocycles. The van der Waals surface area contributed by atoms with E-state index in [9.17, 15) is 0 Å². The summed E-state index contributed by atoms with van der Waals surface area (Å²) in [6.45, 7) is 8.95. The molecule has 1 saturated heterocycles. The van der Waals surface area contributed by atoms with Gasteiger partial charge in [0.15, 0.2) is 0 Å². The van der Waals surface area contributed by atoms with Crippen molar-refractivity contribution in [2.45, 2.75) is 33.6 Å². The van der Waals surface area contributed by atoms with Crippen LogP contribution in [0.1, 0.15) is 32.3 Å². The van der Waals surface area contributed by atoms with Gasteiger partial charge in [0.25, 0.3) is 0 Å². The van der Waals surface area contributed by atoms with Gasteiger partial charge < -0.3 is 10.2 Å². The number of hydrogen-bond donors (Lipinski definition) is 1. The average molecular weight is 234 g/mol. The summed E-state index contributed by atoms with van der Waals surface area (Å²) in [4.78, 5) is 11.0. The van der Waals surface area contributed by atoms with E-state index < -0.39 is 0 Å². The van der Waals surface area contributed by atoms with Gasteiger partial charge in [-0.3, -0.25) is 0 Å². The monoisotopic (exact) mass is 234 g/mol. The van der Waals surface area contributed by atoms with Crippen molar-refractivity contribution in [2.24, 2.45) is 5.41 Å². The van der Waals surface area contributed by atoms with Gasteiger partial charge in [-0.1, -0.05) is 13.8 Å². The number of piperidine rings is 1. The third-order valence-corrected chi connectivity index (χ3v) is 3.71. The molecule has 0 atom stereocenters. The van der Waals surface area contributed by atoms with Crippen LogP contribution in [0.2, 0.25) is 0 Å². The molecule has 94 valence electrons. The van der Waals surface area contributed by atoms with E-state index in [-0.39, 0.29) is 0 Å². The van der Waals surface area contributed by atoms with E-state index in [1.54, 1.807) is 6.33 Å². The summed E-state index contributed by atoms with van der Waals surface area (Å²) in [6.07, 6.45) is 4.10. The number of anilines is 2. The second-order valence-electron chi connectivity index (χ2n) is 5.57. The van der Waals surface area contributed by atoms with E-state index in [1.165, 1.54) is 12.8 Å². The fraction of sp³-hybridized carbons (Fsp3) is 0.692. The first-order valence-electron chi connectivity index (χ1n) is 6.28. The minimum Gasteiger partial charge on any atom is -0.373 e. The maximum atomic E-state index is 4.43. The summed E-state index contributed by atoms with van der Waals surface area (Å²) in [5, 5.41) is 3.11. The Kier molecular flexibility index (Phi) is 3.22. The Morgan fingerprint density at radius 1 is 1.24 bits per heavy atom. The van der Waals surface area contributed by atoms with Gasteiger partial charge in [0.1, 0.15) is 18.0 Å². The summed E-state index contributed by atoms with van der Waals surface area (Å²) in [5.74, 6) is 2.01. The lowest BCUT2D eigenvalue weighted by Gasteiger charge is -2.38. The molecule has 1 aromatic rings. The normalized spacial score (nSPS) is 19.2. The van der Waals surface area contributed by atoms with Crippen molar-refractivity contribution in [3.05, 3.63) is 11.9 Å². The van der Waals surface area contributed by atoms with E-state index in [4.69, 9.17) is 0 Å². The molecule has 4 heteroatoms. The second-order valence-corrected chi connectivity index (χ2v) is 5.57. The van der Waals surface area contributed by atoms with Crippen molar-refractivity contribution in [1.82, 2.24) is 9.97 Å². The fourth-order valence-corrected chi connectivity index (χ4v) is 2.34. The zero-order valence-electron chi connectivity index (χ0n) is 11.2. The molecule has 1 aliphatic heterocycles. The highest BCUT2D eigenvalue weighted by Gasteiger charge is 2.26. The van der Waals surface area contributed by atoms with Gasteiger partial charge >= 0.3 is 0 Å². The zero-order valence-corrected chi connectivity index (χ0v) is 11.2. The van der Waals surface area contributed by atoms with Crippen LogP contribution in [0.4, 0.5) is 11.6 Å². The van der Waals surface area contributed by atoms with Crippen molar-refractivity contribution in [3.63, 3.8) is 0 Å². The van der Waals surface area contributed by atoms with Crippen LogP contribution in [0.15, 0.2) is 6.33 Å². The number of nitrogens with one attached hydrogen (secondary N) is 1. The van der Waals surface area contributed by atoms with Crippen molar-refractivity contribution >= 4 is 11.6 Å². The van der Waals surface area contributed by atoms with Gasteiger partial charge in [0.2, 0.25) is 0 Å². The van der Waals surface area contributed by atoms with Crippen LogP contribution in [0, 0.1) is 12.3 Å². The topological polar surface area (TPSA) is 41.1 Å². The predicted octanol–water partition coefficient (Wildman–Crippen LogP) is 2.45. The average Bonchev–Trinajstić information content (AvgIpc) is 2.30. The van der Waals surface area contributed by atoms with Gasteiger partial charge in [-0.2, -0.15) is 0 Å². The van der Waals surface area contributed by atoms with E-state index >= 15 is 0 Å². The Morgan fingerprint density at radius 3 is 2.47 bits per heavy atom. The number of hydrogen-bond acceptors (Lipinski definition) is 4. The summed E-state index contributed by atoms with van der Waals surface area (Å²) in [6, 6.07) is 0. The lowest BCUT2D eigenvalue weighted by molar-refractivity contribution is 0.279. The first-order valence-corrected chi connectivity index (χ1v) is 6.28. The van der Waals surface area contributed by atoms with E-state index in [2.05, 4.69) is 41.0 Å². The number of rotatable bonds is 2. The quantitative estimate of drug-likeness (QED) is 0.853. The number of nitrogens with zero attached hydrogens (tertiary/aromatic N) is 3. The Labute approximate surface area is 103 Å². The molecule has 0 spiro atoms. The molecule has 0 saturated carbocycles. The van der Waals surface area contributed by atoms with Crippen molar-refractivity contribution < 1.29 is 0 Å². The molecule has 4 nitrogen and oxygen atoms in total. The Bertz CT molecular complexity index is 390. The molecule has 0 bridgehead atoms. The lowest BCUT2D eigenvalue weighted by Crippen LogP contribution is -2.38. The molecule has 17 heavy (non-hydrogen) atoms. The molecule has 1 aliphatic rings. The summed E-state index contributed by atoms with van der Waals surface area (Å²) >= 11 is 0. The SMILES string of the molecule is CNc1ncnc(N2CCC(C)(C)CC2)c1C. The molecule has 2 heterocycles. The van der Waals surface area contributed by atoms with E-state index in [0.29, 0.717) is 5.41 Å². The van der Waals surface area contributed by atoms with Crippen LogP contribution in [-0.4, -0.2) is 30.1 Å². The molecule has 0 aliphatic carbocycles. The Hall–Kier alpha value is -1.32. The molecule has 0 unspecified atom stereocenters. The molecule has 2 rings (SSSR count). The van der Waals surface area contributed by atoms with E-state index in [1.807, 2.05) is 7.05 Å². The minimum atomic E-state index is 0.475. The Morgan fingerprint density at radius 2 is 1.88 bits per heavy atom. The molecule has 1 N–H and O–H groups in total. The highest BCUT2D eigenvalue weighted by molar-refractivity contribution is 5.57. The first kappa shape index (κ1) is 12.1. The smallest absolute Gasteiger partial charge is 0.137 e. The maximum Gasteiger partial charge on any atom is 0.137 e. The molecule has 1 fully saturated rings. The molecule has 0 radical (unpaired) electrons. The predicted molar refractivity (Wildman–Crippen MR) is 71.5 cm³/mol. The van der Waals surface area contributed by atoms with Gasteiger partial charge in [-0.05, 0) is 25.2 Å². The van der Waals surface area contributed by atoms with Crippen LogP contribution in [0.3, 0.4) is 0 Å². The van der Waals surface area contributed by atoms with Gasteiger partial charge in [0, 0.05) is 25.7 Å². The minimum absolute atomic E-state index is 0.475. The third kappa shape index (κ3) is 2.51. The van der Waals surface area contributed by atoms with Crippen molar-refractivity contribution in [1.29, 1.82) is 0 Å². The van der Waals surface area contributed by atoms with Crippen LogP contribution < -0.4 is 10.2 Å². The van der Waals surface area contributed by atoms with Crippen molar-refractivity contribution in [3.8, 4) is 0 Å². The zero-order chi connectivity index (χ0) is 12.5. The third-order valence-electron chi connectivity index (χ3n) is 3.71. The summed E-state index contributed by atoms with van der Waals surface area (Å²) in [7, 11) is 1.90. The molecular weight excluding hydrogens is 212 g/mol. The fourth-order valence-electron chi connectivity index (χ4n) is 2.34. The number of aromatic nitrogens is 2. The van der Waals surface area contributed by atoms with Crippen LogP contribution in [-0.2, 0) is 0 Å². The first-order chi connectivity index (χ1) is 8.03. The van der Waals surface area contributed by atoms with Crippen LogP contribution >= 0.6 is 0 Å². The van der Waals surface area contributed by atoms with E-state index in [0.717, 1.165) is 30.3 Å². The largest absolute Gasteiger partial charge is 0.373 e. The standard InChI is InChI=1S/C13H22N4/c1-10-11(14-4)15-9-16-12(10)17-7-5-13(2,3)6-8-17/h9H,5-8H2,1-4H3,(H,14,15,16). The van der Waals surface area contributed by atoms with Crippen LogP contribution in [0.25, 0.3) is 0 Å². The molecular formula is C13H22N4. The summed E-state index contributed by atoms with van der Waals surface area (Å²) < 4.78 is 0. The lowest BCUT2D eigenvalue weighted by atomic mass is 9.82.